The smallest absolute Gasteiger partial charge is 0.247 e. The third-order valence-corrected chi connectivity index (χ3v) is 4.67. The molecule has 0 radical (unpaired) electrons. The molecule has 0 spiro atoms. The van der Waals surface area contributed by atoms with Crippen molar-refractivity contribution in [3.8, 4) is 0 Å². The van der Waals surface area contributed by atoms with Gasteiger partial charge in [0.15, 0.2) is 0 Å². The molecule has 3 rings (SSSR count). The van der Waals surface area contributed by atoms with E-state index >= 15 is 0 Å². The molecule has 25 heavy (non-hydrogen) atoms. The molecule has 2 aromatic rings. The van der Waals surface area contributed by atoms with Crippen molar-refractivity contribution in [2.24, 2.45) is 0 Å². The minimum Gasteiger partial charge on any atom is -0.338 e. The zero-order chi connectivity index (χ0) is 17.5. The molecule has 1 aromatic heterocycles. The molecule has 0 bridgehead atoms. The fraction of sp³-hybridized carbons (Fsp3) is 0.400. The van der Waals surface area contributed by atoms with Gasteiger partial charge in [0.05, 0.1) is 0 Å². The summed E-state index contributed by atoms with van der Waals surface area (Å²) in [5.74, 6) is 0.186. The molecule has 1 amide bonds. The summed E-state index contributed by atoms with van der Waals surface area (Å²) in [7, 11) is 0. The maximum absolute atomic E-state index is 12.8. The summed E-state index contributed by atoms with van der Waals surface area (Å²) in [5, 5.41) is 4.24. The first kappa shape index (κ1) is 17.4. The van der Waals surface area contributed by atoms with Gasteiger partial charge in [0, 0.05) is 45.1 Å². The van der Waals surface area contributed by atoms with Crippen molar-refractivity contribution >= 4 is 12.0 Å². The highest BCUT2D eigenvalue weighted by Gasteiger charge is 2.27. The Balaban J connectivity index is 1.48. The van der Waals surface area contributed by atoms with Gasteiger partial charge in [0.2, 0.25) is 5.91 Å². The monoisotopic (exact) mass is 338 g/mol. The Morgan fingerprint density at radius 3 is 2.56 bits per heavy atom. The van der Waals surface area contributed by atoms with Gasteiger partial charge in [-0.3, -0.25) is 14.4 Å². The van der Waals surface area contributed by atoms with Gasteiger partial charge in [0.25, 0.3) is 0 Å². The van der Waals surface area contributed by atoms with Crippen molar-refractivity contribution in [2.45, 2.75) is 19.4 Å². The quantitative estimate of drug-likeness (QED) is 0.813. The molecule has 5 nitrogen and oxygen atoms in total. The van der Waals surface area contributed by atoms with Crippen molar-refractivity contribution in [3.05, 3.63) is 60.4 Å². The van der Waals surface area contributed by atoms with Gasteiger partial charge in [-0.05, 0) is 18.1 Å². The second-order valence-electron chi connectivity index (χ2n) is 6.35. The maximum Gasteiger partial charge on any atom is 0.247 e. The second-order valence-corrected chi connectivity index (χ2v) is 6.35. The molecule has 0 N–H and O–H groups in total. The summed E-state index contributed by atoms with van der Waals surface area (Å²) in [4.78, 5) is 17.1. The van der Waals surface area contributed by atoms with Crippen LogP contribution in [0.4, 0.5) is 0 Å². The van der Waals surface area contributed by atoms with Crippen LogP contribution in [0.2, 0.25) is 0 Å². The Bertz CT molecular complexity index is 673. The lowest BCUT2D eigenvalue weighted by Crippen LogP contribution is -2.50. The van der Waals surface area contributed by atoms with E-state index in [0.717, 1.165) is 39.1 Å². The third kappa shape index (κ3) is 4.57. The normalized spacial score (nSPS) is 17.1. The van der Waals surface area contributed by atoms with E-state index in [1.54, 1.807) is 10.9 Å². The van der Waals surface area contributed by atoms with E-state index < -0.39 is 0 Å². The topological polar surface area (TPSA) is 41.4 Å². The number of nitrogens with zero attached hydrogens (tertiary/aromatic N) is 4. The molecule has 0 aliphatic carbocycles. The van der Waals surface area contributed by atoms with Crippen molar-refractivity contribution in [2.75, 3.05) is 32.7 Å². The molecule has 1 fully saturated rings. The van der Waals surface area contributed by atoms with Gasteiger partial charge in [-0.15, -0.1) is 0 Å². The highest BCUT2D eigenvalue weighted by Crippen LogP contribution is 2.15. The van der Waals surface area contributed by atoms with Gasteiger partial charge < -0.3 is 4.90 Å². The number of amides is 1. The summed E-state index contributed by atoms with van der Waals surface area (Å²) >= 11 is 0. The van der Waals surface area contributed by atoms with E-state index in [9.17, 15) is 4.79 Å². The van der Waals surface area contributed by atoms with Crippen molar-refractivity contribution in [1.29, 1.82) is 0 Å². The summed E-state index contributed by atoms with van der Waals surface area (Å²) < 4.78 is 1.78. The molecule has 0 saturated carbocycles. The third-order valence-electron chi connectivity index (χ3n) is 4.67. The Labute approximate surface area is 149 Å². The first-order valence-corrected chi connectivity index (χ1v) is 9.00. The van der Waals surface area contributed by atoms with E-state index in [-0.39, 0.29) is 11.9 Å². The number of hydrogen-bond acceptors (Lipinski definition) is 3. The number of piperazine rings is 1. The van der Waals surface area contributed by atoms with Gasteiger partial charge in [-0.2, -0.15) is 5.10 Å². The molecule has 2 heterocycles. The van der Waals surface area contributed by atoms with Crippen LogP contribution in [-0.2, 0) is 4.79 Å². The SMILES string of the molecule is CCC(C(=O)N1CCN(C/C=C/c2ccccc2)CC1)n1cccn1. The lowest BCUT2D eigenvalue weighted by Gasteiger charge is -2.35. The summed E-state index contributed by atoms with van der Waals surface area (Å²) in [6.45, 7) is 6.37. The average molecular weight is 338 g/mol. The molecule has 1 atom stereocenters. The molecule has 1 aromatic carbocycles. The van der Waals surface area contributed by atoms with Crippen LogP contribution in [0.25, 0.3) is 6.08 Å². The largest absolute Gasteiger partial charge is 0.338 e. The van der Waals surface area contributed by atoms with Crippen molar-refractivity contribution in [1.82, 2.24) is 19.6 Å². The highest BCUT2D eigenvalue weighted by atomic mass is 16.2. The molecule has 5 heteroatoms. The van der Waals surface area contributed by atoms with Crippen molar-refractivity contribution < 1.29 is 4.79 Å². The Hall–Kier alpha value is -2.40. The fourth-order valence-electron chi connectivity index (χ4n) is 3.20. The van der Waals surface area contributed by atoms with Crippen LogP contribution >= 0.6 is 0 Å². The van der Waals surface area contributed by atoms with Gasteiger partial charge in [0.1, 0.15) is 6.04 Å². The highest BCUT2D eigenvalue weighted by molar-refractivity contribution is 5.80. The second kappa shape index (κ2) is 8.62. The number of rotatable bonds is 6. The Kier molecular flexibility index (Phi) is 6.01. The Morgan fingerprint density at radius 2 is 1.92 bits per heavy atom. The fourth-order valence-corrected chi connectivity index (χ4v) is 3.20. The summed E-state index contributed by atoms with van der Waals surface area (Å²) in [6.07, 6.45) is 8.72. The first-order chi connectivity index (χ1) is 12.3. The lowest BCUT2D eigenvalue weighted by atomic mass is 10.1. The van der Waals surface area contributed by atoms with Crippen LogP contribution in [0.5, 0.6) is 0 Å². The van der Waals surface area contributed by atoms with Gasteiger partial charge in [-0.1, -0.05) is 49.4 Å². The minimum atomic E-state index is -0.181. The first-order valence-electron chi connectivity index (χ1n) is 9.00. The zero-order valence-electron chi connectivity index (χ0n) is 14.8. The number of carbonyl (C=O) groups excluding carboxylic acids is 1. The van der Waals surface area contributed by atoms with E-state index in [1.165, 1.54) is 5.56 Å². The average Bonchev–Trinajstić information content (AvgIpc) is 3.18. The van der Waals surface area contributed by atoms with Crippen molar-refractivity contribution in [3.63, 3.8) is 0 Å². The van der Waals surface area contributed by atoms with Crippen LogP contribution < -0.4 is 0 Å². The molecular formula is C20H26N4O. The molecule has 132 valence electrons. The number of benzene rings is 1. The number of hydrogen-bond donors (Lipinski definition) is 0. The van der Waals surface area contributed by atoms with Gasteiger partial charge >= 0.3 is 0 Å². The predicted molar refractivity (Wildman–Crippen MR) is 100 cm³/mol. The summed E-state index contributed by atoms with van der Waals surface area (Å²) in [6, 6.07) is 12.0. The number of aromatic nitrogens is 2. The molecule has 1 unspecified atom stereocenters. The molecule has 1 aliphatic rings. The lowest BCUT2D eigenvalue weighted by molar-refractivity contribution is -0.136. The number of carbonyl (C=O) groups is 1. The van der Waals surface area contributed by atoms with E-state index in [1.807, 2.05) is 42.3 Å². The Morgan fingerprint density at radius 1 is 1.16 bits per heavy atom. The van der Waals surface area contributed by atoms with E-state index in [2.05, 4.69) is 34.3 Å². The van der Waals surface area contributed by atoms with E-state index in [4.69, 9.17) is 0 Å². The minimum absolute atomic E-state index is 0.181. The zero-order valence-corrected chi connectivity index (χ0v) is 14.8. The maximum atomic E-state index is 12.8. The predicted octanol–water partition coefficient (Wildman–Crippen LogP) is 2.69. The van der Waals surface area contributed by atoms with E-state index in [0.29, 0.717) is 0 Å². The van der Waals surface area contributed by atoms with Crippen LogP contribution in [0.1, 0.15) is 24.9 Å². The standard InChI is InChI=1S/C20H26N4O/c1-2-19(24-13-7-11-21-24)20(25)23-16-14-22(15-17-23)12-6-10-18-8-4-3-5-9-18/h3-11,13,19H,2,12,14-17H2,1H3/b10-6+. The molecule has 1 saturated heterocycles. The van der Waals surface area contributed by atoms with Crippen LogP contribution in [0.15, 0.2) is 54.9 Å². The van der Waals surface area contributed by atoms with Gasteiger partial charge in [-0.25, -0.2) is 0 Å². The van der Waals surface area contributed by atoms with Crippen LogP contribution in [0.3, 0.4) is 0 Å². The van der Waals surface area contributed by atoms with Crippen LogP contribution in [0, 0.1) is 0 Å². The van der Waals surface area contributed by atoms with Crippen LogP contribution in [-0.4, -0.2) is 58.2 Å². The summed E-state index contributed by atoms with van der Waals surface area (Å²) in [5.41, 5.74) is 1.22. The molecule has 1 aliphatic heterocycles. The molecular weight excluding hydrogens is 312 g/mol.